The minimum absolute atomic E-state index is 0.0520. The van der Waals surface area contributed by atoms with Crippen LogP contribution in [0.4, 0.5) is 0 Å². The second kappa shape index (κ2) is 6.03. The Morgan fingerprint density at radius 3 is 2.71 bits per heavy atom. The van der Waals surface area contributed by atoms with E-state index in [1.165, 1.54) is 0 Å². The van der Waals surface area contributed by atoms with Crippen molar-refractivity contribution >= 4 is 11.9 Å². The van der Waals surface area contributed by atoms with E-state index in [4.69, 9.17) is 5.11 Å². The number of rotatable bonds is 6. The maximum Gasteiger partial charge on any atom is 0.303 e. The Kier molecular flexibility index (Phi) is 4.68. The minimum atomic E-state index is -0.855. The molecule has 0 radical (unpaired) electrons. The van der Waals surface area contributed by atoms with Crippen molar-refractivity contribution in [1.29, 1.82) is 0 Å². The molecular weight excluding hydrogens is 222 g/mol. The zero-order valence-electron chi connectivity index (χ0n) is 9.96. The van der Waals surface area contributed by atoms with Crippen molar-refractivity contribution in [1.82, 2.24) is 15.1 Å². The van der Waals surface area contributed by atoms with Crippen molar-refractivity contribution < 1.29 is 14.7 Å². The molecule has 0 spiro atoms. The first-order valence-corrected chi connectivity index (χ1v) is 5.49. The van der Waals surface area contributed by atoms with Gasteiger partial charge in [-0.2, -0.15) is 5.10 Å². The van der Waals surface area contributed by atoms with Crippen LogP contribution in [0.2, 0.25) is 0 Å². The summed E-state index contributed by atoms with van der Waals surface area (Å²) < 4.78 is 1.55. The van der Waals surface area contributed by atoms with Crippen molar-refractivity contribution in [2.24, 2.45) is 5.92 Å². The molecule has 1 aromatic heterocycles. The lowest BCUT2D eigenvalue weighted by Gasteiger charge is -2.15. The quantitative estimate of drug-likeness (QED) is 0.764. The fourth-order valence-electron chi connectivity index (χ4n) is 1.42. The zero-order valence-corrected chi connectivity index (χ0v) is 9.96. The fourth-order valence-corrected chi connectivity index (χ4v) is 1.42. The number of nitrogens with zero attached hydrogens (tertiary/aromatic N) is 2. The van der Waals surface area contributed by atoms with E-state index in [1.807, 2.05) is 0 Å². The van der Waals surface area contributed by atoms with Crippen molar-refractivity contribution in [2.75, 3.05) is 6.54 Å². The van der Waals surface area contributed by atoms with Crippen molar-refractivity contribution in [3.63, 3.8) is 0 Å². The summed E-state index contributed by atoms with van der Waals surface area (Å²) in [5, 5.41) is 15.3. The minimum Gasteiger partial charge on any atom is -0.481 e. The summed E-state index contributed by atoms with van der Waals surface area (Å²) in [6, 6.07) is 1.36. The van der Waals surface area contributed by atoms with Crippen LogP contribution in [0.5, 0.6) is 0 Å². The van der Waals surface area contributed by atoms with E-state index in [2.05, 4.69) is 10.4 Å². The number of carboxylic acid groups (broad SMARTS) is 1. The van der Waals surface area contributed by atoms with E-state index >= 15 is 0 Å². The number of carbonyl (C=O) groups excluding carboxylic acids is 1. The molecule has 1 amide bonds. The van der Waals surface area contributed by atoms with E-state index in [0.29, 0.717) is 6.54 Å². The fraction of sp³-hybridized carbons (Fsp3) is 0.545. The van der Waals surface area contributed by atoms with Gasteiger partial charge in [0.15, 0.2) is 0 Å². The van der Waals surface area contributed by atoms with Crippen LogP contribution in [0.1, 0.15) is 26.3 Å². The molecule has 0 aliphatic heterocycles. The Hall–Kier alpha value is -1.85. The molecule has 0 aromatic carbocycles. The normalized spacial score (nSPS) is 14.0. The molecule has 17 heavy (non-hydrogen) atoms. The van der Waals surface area contributed by atoms with Gasteiger partial charge in [-0.1, -0.05) is 6.92 Å². The second-order valence-corrected chi connectivity index (χ2v) is 4.11. The number of nitrogens with one attached hydrogen (secondary N) is 1. The maximum absolute atomic E-state index is 11.7. The van der Waals surface area contributed by atoms with Gasteiger partial charge in [-0.25, -0.2) is 0 Å². The number of aliphatic carboxylic acids is 1. The Morgan fingerprint density at radius 1 is 1.47 bits per heavy atom. The third-order valence-corrected chi connectivity index (χ3v) is 2.45. The highest BCUT2D eigenvalue weighted by molar-refractivity contribution is 5.79. The summed E-state index contributed by atoms with van der Waals surface area (Å²) in [7, 11) is 0. The number of aromatic nitrogens is 2. The number of carbonyl (C=O) groups is 2. The van der Waals surface area contributed by atoms with E-state index in [0.717, 1.165) is 0 Å². The molecule has 6 nitrogen and oxygen atoms in total. The van der Waals surface area contributed by atoms with Gasteiger partial charge in [-0.05, 0) is 18.9 Å². The highest BCUT2D eigenvalue weighted by Gasteiger charge is 2.16. The standard InChI is InChI=1S/C11H17N3O3/c1-8(6-10(15)16)7-12-11(17)9(2)14-5-3-4-13-14/h3-5,8-9H,6-7H2,1-2H3,(H,12,17)(H,15,16). The molecule has 0 saturated heterocycles. The van der Waals surface area contributed by atoms with Crippen LogP contribution < -0.4 is 5.32 Å². The van der Waals surface area contributed by atoms with Crippen LogP contribution >= 0.6 is 0 Å². The molecule has 2 unspecified atom stereocenters. The van der Waals surface area contributed by atoms with Crippen LogP contribution in [0.3, 0.4) is 0 Å². The molecule has 2 N–H and O–H groups in total. The van der Waals surface area contributed by atoms with E-state index in [1.54, 1.807) is 37.0 Å². The number of carboxylic acids is 1. The lowest BCUT2D eigenvalue weighted by Crippen LogP contribution is -2.34. The number of amides is 1. The summed E-state index contributed by atoms with van der Waals surface area (Å²) in [5.74, 6) is -1.10. The third-order valence-electron chi connectivity index (χ3n) is 2.45. The third kappa shape index (κ3) is 4.26. The molecule has 0 aliphatic carbocycles. The summed E-state index contributed by atoms with van der Waals surface area (Å²) in [6.07, 6.45) is 3.37. The summed E-state index contributed by atoms with van der Waals surface area (Å²) in [6.45, 7) is 3.88. The molecular formula is C11H17N3O3. The van der Waals surface area contributed by atoms with Crippen LogP contribution in [0.25, 0.3) is 0 Å². The lowest BCUT2D eigenvalue weighted by molar-refractivity contribution is -0.138. The van der Waals surface area contributed by atoms with Crippen LogP contribution in [0, 0.1) is 5.92 Å². The maximum atomic E-state index is 11.7. The Morgan fingerprint density at radius 2 is 2.18 bits per heavy atom. The molecule has 1 aromatic rings. The second-order valence-electron chi connectivity index (χ2n) is 4.11. The predicted molar refractivity (Wildman–Crippen MR) is 61.4 cm³/mol. The average molecular weight is 239 g/mol. The van der Waals surface area contributed by atoms with Crippen LogP contribution in [-0.4, -0.2) is 33.3 Å². The van der Waals surface area contributed by atoms with Crippen LogP contribution in [0.15, 0.2) is 18.5 Å². The van der Waals surface area contributed by atoms with Crippen molar-refractivity contribution in [2.45, 2.75) is 26.3 Å². The van der Waals surface area contributed by atoms with Crippen molar-refractivity contribution in [3.8, 4) is 0 Å². The number of hydrogen-bond acceptors (Lipinski definition) is 3. The summed E-state index contributed by atoms with van der Waals surface area (Å²) >= 11 is 0. The monoisotopic (exact) mass is 239 g/mol. The van der Waals surface area contributed by atoms with E-state index in [9.17, 15) is 9.59 Å². The average Bonchev–Trinajstić information content (AvgIpc) is 2.77. The van der Waals surface area contributed by atoms with E-state index in [-0.39, 0.29) is 24.3 Å². The van der Waals surface area contributed by atoms with Crippen molar-refractivity contribution in [3.05, 3.63) is 18.5 Å². The smallest absolute Gasteiger partial charge is 0.303 e. The van der Waals surface area contributed by atoms with Crippen LogP contribution in [-0.2, 0) is 9.59 Å². The first-order chi connectivity index (χ1) is 8.00. The van der Waals surface area contributed by atoms with Gasteiger partial charge in [-0.15, -0.1) is 0 Å². The molecule has 6 heteroatoms. The largest absolute Gasteiger partial charge is 0.481 e. The summed E-state index contributed by atoms with van der Waals surface area (Å²) in [5.41, 5.74) is 0. The van der Waals surface area contributed by atoms with Gasteiger partial charge in [0, 0.05) is 25.4 Å². The van der Waals surface area contributed by atoms with Gasteiger partial charge in [0.25, 0.3) is 0 Å². The summed E-state index contributed by atoms with van der Waals surface area (Å²) in [4.78, 5) is 22.2. The highest BCUT2D eigenvalue weighted by atomic mass is 16.4. The first kappa shape index (κ1) is 13.2. The molecule has 0 aliphatic rings. The molecule has 1 rings (SSSR count). The SMILES string of the molecule is CC(CNC(=O)C(C)n1cccn1)CC(=O)O. The molecule has 1 heterocycles. The molecule has 0 bridgehead atoms. The zero-order chi connectivity index (χ0) is 12.8. The van der Waals surface area contributed by atoms with E-state index < -0.39 is 5.97 Å². The molecule has 2 atom stereocenters. The Balaban J connectivity index is 2.37. The van der Waals surface area contributed by atoms with Gasteiger partial charge < -0.3 is 10.4 Å². The Labute approximate surface area is 99.6 Å². The molecule has 0 fully saturated rings. The van der Waals surface area contributed by atoms with Gasteiger partial charge in [-0.3, -0.25) is 14.3 Å². The predicted octanol–water partition coefficient (Wildman–Crippen LogP) is 0.671. The molecule has 0 saturated carbocycles. The first-order valence-electron chi connectivity index (χ1n) is 5.49. The number of hydrogen-bond donors (Lipinski definition) is 2. The lowest BCUT2D eigenvalue weighted by atomic mass is 10.1. The Bertz CT molecular complexity index is 375. The van der Waals surface area contributed by atoms with Gasteiger partial charge in [0.2, 0.25) is 5.91 Å². The van der Waals surface area contributed by atoms with Gasteiger partial charge >= 0.3 is 5.97 Å². The van der Waals surface area contributed by atoms with Gasteiger partial charge in [0.1, 0.15) is 6.04 Å². The molecule has 94 valence electrons. The topological polar surface area (TPSA) is 84.2 Å². The highest BCUT2D eigenvalue weighted by Crippen LogP contribution is 2.04. The van der Waals surface area contributed by atoms with Gasteiger partial charge in [0.05, 0.1) is 0 Å².